The number of nitrogens with one attached hydrogen (secondary N) is 2. The lowest BCUT2D eigenvalue weighted by Gasteiger charge is -2.48. The Morgan fingerprint density at radius 2 is 1.76 bits per heavy atom. The number of carbonyl (C=O) groups excluding carboxylic acids is 1. The van der Waals surface area contributed by atoms with Crippen molar-refractivity contribution < 1.29 is 9.90 Å². The zero-order chi connectivity index (χ0) is 26.0. The molecule has 5 N–H and O–H groups in total. The summed E-state index contributed by atoms with van der Waals surface area (Å²) in [4.78, 5) is 16.1. The van der Waals surface area contributed by atoms with Crippen LogP contribution in [0.2, 0.25) is 0 Å². The molecular formula is C29H56BrN5O2. The molecule has 5 fully saturated rings. The third kappa shape index (κ3) is 6.57. The first kappa shape index (κ1) is 31.3. The molecule has 7 nitrogen and oxygen atoms in total. The maximum atomic E-state index is 13.8. The Hall–Kier alpha value is -0.250. The van der Waals surface area contributed by atoms with Crippen LogP contribution < -0.4 is 16.5 Å². The van der Waals surface area contributed by atoms with Crippen LogP contribution in [0.5, 0.6) is 0 Å². The predicted molar refractivity (Wildman–Crippen MR) is 156 cm³/mol. The first-order chi connectivity index (χ1) is 17.4. The van der Waals surface area contributed by atoms with Gasteiger partial charge in [-0.3, -0.25) is 10.2 Å². The minimum atomic E-state index is -0.240. The van der Waals surface area contributed by atoms with Crippen LogP contribution in [0.3, 0.4) is 0 Å². The van der Waals surface area contributed by atoms with Gasteiger partial charge in [0.1, 0.15) is 0 Å². The van der Waals surface area contributed by atoms with E-state index in [-0.39, 0.29) is 48.4 Å². The van der Waals surface area contributed by atoms with E-state index in [9.17, 15) is 9.90 Å². The molecule has 2 aliphatic carbocycles. The molecule has 2 saturated carbocycles. The van der Waals surface area contributed by atoms with E-state index in [1.807, 2.05) is 13.8 Å². The summed E-state index contributed by atoms with van der Waals surface area (Å²) in [6.45, 7) is 9.94. The number of likely N-dealkylation sites (tertiary alicyclic amines) is 1. The SMILES string of the molecule is C.CC.CCCC1NN(C2CCC(C3CC3)CC2O)C2CCN(C(=O)C3CNC(Br)CC3N)[C@@H](CC)C12. The number of alkyl halides is 1. The normalized spacial score (nSPS) is 42.3. The van der Waals surface area contributed by atoms with Crippen LogP contribution >= 0.6 is 15.9 Å². The van der Waals surface area contributed by atoms with Crippen molar-refractivity contribution in [2.75, 3.05) is 13.1 Å². The van der Waals surface area contributed by atoms with Crippen molar-refractivity contribution in [3.63, 3.8) is 0 Å². The molecule has 0 aromatic heterocycles. The molecule has 0 radical (unpaired) electrons. The van der Waals surface area contributed by atoms with Crippen LogP contribution in [0.25, 0.3) is 0 Å². The number of aliphatic hydroxyl groups is 1. The van der Waals surface area contributed by atoms with Gasteiger partial charge in [0.05, 0.1) is 23.0 Å². The summed E-state index contributed by atoms with van der Waals surface area (Å²) in [5, 5.41) is 17.1. The van der Waals surface area contributed by atoms with E-state index in [1.54, 1.807) is 0 Å². The minimum absolute atomic E-state index is 0. The van der Waals surface area contributed by atoms with Gasteiger partial charge in [0.2, 0.25) is 5.91 Å². The van der Waals surface area contributed by atoms with Gasteiger partial charge < -0.3 is 21.1 Å². The summed E-state index contributed by atoms with van der Waals surface area (Å²) in [5.41, 5.74) is 10.4. The molecule has 0 bridgehead atoms. The van der Waals surface area contributed by atoms with Crippen LogP contribution in [-0.2, 0) is 4.79 Å². The molecule has 216 valence electrons. The first-order valence-electron chi connectivity index (χ1n) is 15.1. The molecule has 5 aliphatic rings. The lowest BCUT2D eigenvalue weighted by atomic mass is 9.76. The van der Waals surface area contributed by atoms with Gasteiger partial charge in [-0.15, -0.1) is 0 Å². The average Bonchev–Trinajstić information content (AvgIpc) is 3.67. The van der Waals surface area contributed by atoms with E-state index < -0.39 is 0 Å². The van der Waals surface area contributed by atoms with Gasteiger partial charge in [0.15, 0.2) is 0 Å². The number of hydrogen-bond acceptors (Lipinski definition) is 6. The molecule has 3 saturated heterocycles. The number of rotatable bonds is 6. The molecule has 3 aliphatic heterocycles. The second-order valence-electron chi connectivity index (χ2n) is 11.8. The lowest BCUT2D eigenvalue weighted by Crippen LogP contribution is -2.62. The fourth-order valence-corrected chi connectivity index (χ4v) is 8.48. The zero-order valence-corrected chi connectivity index (χ0v) is 24.6. The number of hydrazine groups is 1. The highest BCUT2D eigenvalue weighted by Crippen LogP contribution is 2.46. The highest BCUT2D eigenvalue weighted by atomic mass is 79.9. The molecule has 0 aromatic rings. The van der Waals surface area contributed by atoms with Gasteiger partial charge in [-0.1, -0.05) is 57.5 Å². The van der Waals surface area contributed by atoms with Crippen LogP contribution in [0, 0.1) is 23.7 Å². The number of nitrogens with zero attached hydrogens (tertiary/aromatic N) is 2. The smallest absolute Gasteiger partial charge is 0.228 e. The Kier molecular flexibility index (Phi) is 11.7. The fourth-order valence-electron chi connectivity index (χ4n) is 7.86. The third-order valence-corrected chi connectivity index (χ3v) is 10.4. The Labute approximate surface area is 235 Å². The van der Waals surface area contributed by atoms with E-state index in [0.29, 0.717) is 24.5 Å². The molecule has 0 aromatic carbocycles. The summed E-state index contributed by atoms with van der Waals surface area (Å²) in [6, 6.07) is 1.10. The zero-order valence-electron chi connectivity index (χ0n) is 23.0. The Balaban J connectivity index is 0.00000124. The monoisotopic (exact) mass is 585 g/mol. The fraction of sp³-hybridized carbons (Fsp3) is 0.966. The molecular weight excluding hydrogens is 530 g/mol. The van der Waals surface area contributed by atoms with Crippen molar-refractivity contribution in [2.45, 2.75) is 141 Å². The Morgan fingerprint density at radius 1 is 1.05 bits per heavy atom. The van der Waals surface area contributed by atoms with Gasteiger partial charge in [-0.25, -0.2) is 5.01 Å². The molecule has 37 heavy (non-hydrogen) atoms. The molecule has 9 unspecified atom stereocenters. The van der Waals surface area contributed by atoms with E-state index in [4.69, 9.17) is 5.73 Å². The predicted octanol–water partition coefficient (Wildman–Crippen LogP) is 4.23. The van der Waals surface area contributed by atoms with Gasteiger partial charge in [-0.2, -0.15) is 0 Å². The van der Waals surface area contributed by atoms with E-state index in [0.717, 1.165) is 63.3 Å². The molecule has 8 heteroatoms. The number of nitrogens with two attached hydrogens (primary N) is 1. The van der Waals surface area contributed by atoms with Crippen molar-refractivity contribution in [3.05, 3.63) is 0 Å². The topological polar surface area (TPSA) is 93.9 Å². The second-order valence-corrected chi connectivity index (χ2v) is 12.9. The number of amides is 1. The molecule has 10 atom stereocenters. The molecule has 1 amide bonds. The molecule has 3 heterocycles. The largest absolute Gasteiger partial charge is 0.391 e. The summed E-state index contributed by atoms with van der Waals surface area (Å²) >= 11 is 3.60. The van der Waals surface area contributed by atoms with Crippen molar-refractivity contribution in [1.82, 2.24) is 20.7 Å². The standard InChI is InChI=1S/C26H46BrN5O2.C2H6.CH4/c1-3-5-19-25-20(4-2)31(26(34)17-14-29-24(27)13-18(17)28)11-10-22(25)32(30-19)21-9-8-16(12-23(21)33)15-6-7-15;1-2;/h15-25,29-30,33H,3-14,28H2,1-2H3;1-2H3;1H4/t16?,17?,18?,19?,20-,21?,22?,23?,24?,25?;;/m0../s1. The van der Waals surface area contributed by atoms with Gasteiger partial charge in [-0.05, 0) is 69.6 Å². The minimum Gasteiger partial charge on any atom is -0.391 e. The number of hydrogen-bond donors (Lipinski definition) is 4. The number of halogens is 1. The highest BCUT2D eigenvalue weighted by molar-refractivity contribution is 9.09. The quantitative estimate of drug-likeness (QED) is 0.275. The maximum Gasteiger partial charge on any atom is 0.228 e. The maximum absolute atomic E-state index is 13.8. The Bertz CT molecular complexity index is 724. The molecule has 5 rings (SSSR count). The van der Waals surface area contributed by atoms with E-state index in [1.165, 1.54) is 19.3 Å². The van der Waals surface area contributed by atoms with Crippen molar-refractivity contribution in [2.24, 2.45) is 29.4 Å². The van der Waals surface area contributed by atoms with Crippen LogP contribution in [0.4, 0.5) is 0 Å². The van der Waals surface area contributed by atoms with Crippen LogP contribution in [-0.4, -0.2) is 75.3 Å². The van der Waals surface area contributed by atoms with Crippen molar-refractivity contribution in [3.8, 4) is 0 Å². The van der Waals surface area contributed by atoms with Crippen LogP contribution in [0.1, 0.15) is 99.3 Å². The lowest BCUT2D eigenvalue weighted by molar-refractivity contribution is -0.144. The van der Waals surface area contributed by atoms with Gasteiger partial charge >= 0.3 is 0 Å². The molecule has 0 spiro atoms. The average molecular weight is 587 g/mol. The van der Waals surface area contributed by atoms with Crippen LogP contribution in [0.15, 0.2) is 0 Å². The first-order valence-corrected chi connectivity index (χ1v) is 16.0. The highest BCUT2D eigenvalue weighted by Gasteiger charge is 2.54. The van der Waals surface area contributed by atoms with Crippen molar-refractivity contribution >= 4 is 21.8 Å². The summed E-state index contributed by atoms with van der Waals surface area (Å²) in [5.74, 6) is 2.11. The number of piperidine rings is 2. The Morgan fingerprint density at radius 3 is 2.35 bits per heavy atom. The second kappa shape index (κ2) is 13.9. The van der Waals surface area contributed by atoms with E-state index >= 15 is 0 Å². The summed E-state index contributed by atoms with van der Waals surface area (Å²) in [7, 11) is 0. The van der Waals surface area contributed by atoms with Gasteiger partial charge in [0, 0.05) is 43.2 Å². The van der Waals surface area contributed by atoms with E-state index in [2.05, 4.69) is 50.4 Å². The summed E-state index contributed by atoms with van der Waals surface area (Å²) in [6.07, 6.45) is 10.8. The van der Waals surface area contributed by atoms with Crippen molar-refractivity contribution in [1.29, 1.82) is 0 Å². The number of aliphatic hydroxyl groups excluding tert-OH is 1. The number of carbonyl (C=O) groups is 1. The summed E-state index contributed by atoms with van der Waals surface area (Å²) < 4.78 is 0. The number of fused-ring (bicyclic) bond motifs is 1. The van der Waals surface area contributed by atoms with Gasteiger partial charge in [0.25, 0.3) is 0 Å². The third-order valence-electron chi connectivity index (χ3n) is 9.73.